The third-order valence-corrected chi connectivity index (χ3v) is 2.72. The standard InChI is InChI=1S/C12H15F2N3O2/c1-11(2,3)19-10(18)15-12(4-5-12)7-6-8(13)16-17-9(7)14/h6H,4-5H2,1-3H3,(H,15,18). The van der Waals surface area contributed by atoms with Crippen LogP contribution < -0.4 is 5.32 Å². The smallest absolute Gasteiger partial charge is 0.408 e. The molecule has 19 heavy (non-hydrogen) atoms. The molecule has 1 aliphatic carbocycles. The summed E-state index contributed by atoms with van der Waals surface area (Å²) in [7, 11) is 0. The average molecular weight is 271 g/mol. The van der Waals surface area contributed by atoms with E-state index < -0.39 is 29.1 Å². The Labute approximate surface area is 109 Å². The van der Waals surface area contributed by atoms with Gasteiger partial charge in [-0.3, -0.25) is 0 Å². The molecule has 0 radical (unpaired) electrons. The molecule has 2 rings (SSSR count). The minimum atomic E-state index is -0.927. The van der Waals surface area contributed by atoms with Gasteiger partial charge in [-0.05, 0) is 33.6 Å². The molecule has 1 saturated carbocycles. The summed E-state index contributed by atoms with van der Waals surface area (Å²) in [5.41, 5.74) is -1.57. The van der Waals surface area contributed by atoms with Gasteiger partial charge < -0.3 is 10.1 Å². The number of nitrogens with one attached hydrogen (secondary N) is 1. The molecule has 5 nitrogen and oxygen atoms in total. The van der Waals surface area contributed by atoms with E-state index in [0.29, 0.717) is 12.8 Å². The quantitative estimate of drug-likeness (QED) is 0.896. The first-order valence-corrected chi connectivity index (χ1v) is 5.92. The predicted octanol–water partition coefficient (Wildman–Crippen LogP) is 2.27. The Morgan fingerprint density at radius 1 is 1.37 bits per heavy atom. The monoisotopic (exact) mass is 271 g/mol. The summed E-state index contributed by atoms with van der Waals surface area (Å²) in [5, 5.41) is 8.64. The summed E-state index contributed by atoms with van der Waals surface area (Å²) in [5.74, 6) is -1.76. The van der Waals surface area contributed by atoms with Gasteiger partial charge in [-0.2, -0.15) is 8.78 Å². The first kappa shape index (κ1) is 13.6. The minimum absolute atomic E-state index is 0.00543. The number of nitrogens with zero attached hydrogens (tertiary/aromatic N) is 2. The maximum atomic E-state index is 13.6. The molecule has 0 atom stereocenters. The lowest BCUT2D eigenvalue weighted by molar-refractivity contribution is 0.0493. The molecule has 0 aliphatic heterocycles. The van der Waals surface area contributed by atoms with Crippen molar-refractivity contribution < 1.29 is 18.3 Å². The molecule has 1 aliphatic rings. The second-order valence-electron chi connectivity index (χ2n) is 5.58. The molecule has 7 heteroatoms. The number of alkyl carbamates (subject to hydrolysis) is 1. The summed E-state index contributed by atoms with van der Waals surface area (Å²) >= 11 is 0. The summed E-state index contributed by atoms with van der Waals surface area (Å²) in [6.07, 6.45) is 0.351. The van der Waals surface area contributed by atoms with Crippen LogP contribution in [0.15, 0.2) is 6.07 Å². The zero-order valence-corrected chi connectivity index (χ0v) is 11.0. The molecule has 1 aromatic rings. The van der Waals surface area contributed by atoms with E-state index in [1.165, 1.54) is 0 Å². The number of halogens is 2. The van der Waals surface area contributed by atoms with Gasteiger partial charge in [0.05, 0.1) is 5.54 Å². The Bertz CT molecular complexity index is 510. The third-order valence-electron chi connectivity index (χ3n) is 2.72. The molecule has 1 aromatic heterocycles. The van der Waals surface area contributed by atoms with Crippen molar-refractivity contribution in [2.24, 2.45) is 0 Å². The highest BCUT2D eigenvalue weighted by Crippen LogP contribution is 2.46. The molecule has 1 N–H and O–H groups in total. The van der Waals surface area contributed by atoms with Crippen LogP contribution in [0.4, 0.5) is 13.6 Å². The number of hydrogen-bond acceptors (Lipinski definition) is 4. The van der Waals surface area contributed by atoms with Crippen LogP contribution >= 0.6 is 0 Å². The largest absolute Gasteiger partial charge is 0.444 e. The van der Waals surface area contributed by atoms with Crippen molar-refractivity contribution >= 4 is 6.09 Å². The van der Waals surface area contributed by atoms with Gasteiger partial charge in [0.15, 0.2) is 0 Å². The number of amides is 1. The van der Waals surface area contributed by atoms with Gasteiger partial charge in [0.2, 0.25) is 11.9 Å². The van der Waals surface area contributed by atoms with Crippen LogP contribution in [0.1, 0.15) is 39.2 Å². The van der Waals surface area contributed by atoms with Gasteiger partial charge in [-0.1, -0.05) is 0 Å². The maximum Gasteiger partial charge on any atom is 0.408 e. The highest BCUT2D eigenvalue weighted by Gasteiger charge is 2.49. The van der Waals surface area contributed by atoms with Gasteiger partial charge in [-0.15, -0.1) is 10.2 Å². The van der Waals surface area contributed by atoms with Crippen molar-refractivity contribution in [1.29, 1.82) is 0 Å². The number of rotatable bonds is 2. The molecular weight excluding hydrogens is 256 g/mol. The highest BCUT2D eigenvalue weighted by molar-refractivity contribution is 5.70. The Morgan fingerprint density at radius 3 is 2.53 bits per heavy atom. The van der Waals surface area contributed by atoms with Crippen molar-refractivity contribution in [3.05, 3.63) is 23.5 Å². The van der Waals surface area contributed by atoms with Crippen molar-refractivity contribution in [2.45, 2.75) is 44.8 Å². The molecule has 1 heterocycles. The van der Waals surface area contributed by atoms with Crippen LogP contribution in [0.5, 0.6) is 0 Å². The Hall–Kier alpha value is -1.79. The molecule has 104 valence electrons. The van der Waals surface area contributed by atoms with E-state index in [0.717, 1.165) is 6.07 Å². The van der Waals surface area contributed by atoms with Crippen LogP contribution in [-0.2, 0) is 10.3 Å². The van der Waals surface area contributed by atoms with Gasteiger partial charge in [-0.25, -0.2) is 4.79 Å². The SMILES string of the molecule is CC(C)(C)OC(=O)NC1(c2cc(F)nnc2F)CC1. The fourth-order valence-corrected chi connectivity index (χ4v) is 1.77. The van der Waals surface area contributed by atoms with Gasteiger partial charge in [0.25, 0.3) is 0 Å². The zero-order chi connectivity index (χ0) is 14.3. The molecule has 0 unspecified atom stereocenters. The molecule has 0 spiro atoms. The lowest BCUT2D eigenvalue weighted by atomic mass is 10.1. The topological polar surface area (TPSA) is 64.1 Å². The summed E-state index contributed by atoms with van der Waals surface area (Å²) < 4.78 is 31.7. The van der Waals surface area contributed by atoms with E-state index in [9.17, 15) is 13.6 Å². The van der Waals surface area contributed by atoms with Crippen molar-refractivity contribution in [3.8, 4) is 0 Å². The van der Waals surface area contributed by atoms with Crippen molar-refractivity contribution in [2.75, 3.05) is 0 Å². The Kier molecular flexibility index (Phi) is 3.15. The summed E-state index contributed by atoms with van der Waals surface area (Å²) in [6, 6.07) is 0.951. The fourth-order valence-electron chi connectivity index (χ4n) is 1.77. The van der Waals surface area contributed by atoms with E-state index in [-0.39, 0.29) is 5.56 Å². The molecule has 1 fully saturated rings. The van der Waals surface area contributed by atoms with Crippen LogP contribution in [0.2, 0.25) is 0 Å². The first-order chi connectivity index (χ1) is 8.72. The lowest BCUT2D eigenvalue weighted by Gasteiger charge is -2.23. The third kappa shape index (κ3) is 3.15. The van der Waals surface area contributed by atoms with Gasteiger partial charge in [0, 0.05) is 11.6 Å². The van der Waals surface area contributed by atoms with E-state index in [1.807, 2.05) is 0 Å². The number of hydrogen-bond donors (Lipinski definition) is 1. The van der Waals surface area contributed by atoms with Crippen LogP contribution in [0, 0.1) is 11.9 Å². The minimum Gasteiger partial charge on any atom is -0.444 e. The Morgan fingerprint density at radius 2 is 2.00 bits per heavy atom. The molecular formula is C12H15F2N3O2. The maximum absolute atomic E-state index is 13.6. The van der Waals surface area contributed by atoms with Crippen molar-refractivity contribution in [1.82, 2.24) is 15.5 Å². The van der Waals surface area contributed by atoms with Crippen LogP contribution in [0.3, 0.4) is 0 Å². The van der Waals surface area contributed by atoms with Gasteiger partial charge in [0.1, 0.15) is 5.60 Å². The highest BCUT2D eigenvalue weighted by atomic mass is 19.1. The number of carbonyl (C=O) groups excluding carboxylic acids is 1. The predicted molar refractivity (Wildman–Crippen MR) is 62.2 cm³/mol. The summed E-state index contributed by atoms with van der Waals surface area (Å²) in [4.78, 5) is 11.7. The first-order valence-electron chi connectivity index (χ1n) is 5.92. The number of ether oxygens (including phenoxy) is 1. The molecule has 0 saturated heterocycles. The average Bonchev–Trinajstić information content (AvgIpc) is 2.99. The van der Waals surface area contributed by atoms with Crippen LogP contribution in [0.25, 0.3) is 0 Å². The van der Waals surface area contributed by atoms with E-state index in [4.69, 9.17) is 4.74 Å². The lowest BCUT2D eigenvalue weighted by Crippen LogP contribution is -2.39. The van der Waals surface area contributed by atoms with E-state index in [1.54, 1.807) is 20.8 Å². The van der Waals surface area contributed by atoms with E-state index >= 15 is 0 Å². The summed E-state index contributed by atoms with van der Waals surface area (Å²) in [6.45, 7) is 5.17. The number of carbonyl (C=O) groups is 1. The Balaban J connectivity index is 2.15. The van der Waals surface area contributed by atoms with Gasteiger partial charge >= 0.3 is 6.09 Å². The van der Waals surface area contributed by atoms with E-state index in [2.05, 4.69) is 15.5 Å². The fraction of sp³-hybridized carbons (Fsp3) is 0.583. The molecule has 0 bridgehead atoms. The normalized spacial score (nSPS) is 16.9. The number of aromatic nitrogens is 2. The second kappa shape index (κ2) is 4.40. The van der Waals surface area contributed by atoms with Crippen molar-refractivity contribution in [3.63, 3.8) is 0 Å². The second-order valence-corrected chi connectivity index (χ2v) is 5.58. The molecule has 1 amide bonds. The van der Waals surface area contributed by atoms with Crippen LogP contribution in [-0.4, -0.2) is 21.9 Å². The molecule has 0 aromatic carbocycles. The zero-order valence-electron chi connectivity index (χ0n) is 11.0.